The molecule has 9 unspecified atom stereocenters. The van der Waals surface area contributed by atoms with Gasteiger partial charge in [-0.25, -0.2) is 14.4 Å². The number of nitrogens with two attached hydrogens (primary N) is 2. The largest absolute Gasteiger partial charge is 0.444 e. The van der Waals surface area contributed by atoms with Gasteiger partial charge in [-0.1, -0.05) is 6.92 Å². The fraction of sp³-hybridized carbons (Fsp3) is 0.912. The minimum atomic E-state index is -1.72. The fourth-order valence-electron chi connectivity index (χ4n) is 6.30. The Hall–Kier alpha value is -2.63. The monoisotopic (exact) mass is 781 g/mol. The minimum absolute atomic E-state index is 0.106. The number of rotatable bonds is 9. The molecule has 3 fully saturated rings. The highest BCUT2D eigenvalue weighted by atomic mass is 16.7. The Balaban J connectivity index is 1.98. The summed E-state index contributed by atoms with van der Waals surface area (Å²) in [5.41, 5.74) is 9.83. The summed E-state index contributed by atoms with van der Waals surface area (Å²) in [6, 6.07) is -4.55. The Kier molecular flexibility index (Phi) is 15.3. The van der Waals surface area contributed by atoms with Crippen molar-refractivity contribution in [3.8, 4) is 0 Å². The number of aliphatic hydroxyl groups is 5. The lowest BCUT2D eigenvalue weighted by atomic mass is 9.83. The molecule has 2 aliphatic heterocycles. The second-order valence-corrected chi connectivity index (χ2v) is 17.1. The molecule has 2 saturated heterocycles. The zero-order valence-electron chi connectivity index (χ0n) is 32.8. The van der Waals surface area contributed by atoms with Gasteiger partial charge in [0.15, 0.2) is 12.6 Å². The molecule has 20 nitrogen and oxygen atoms in total. The zero-order chi connectivity index (χ0) is 41.1. The number of nitrogens with one attached hydrogen (secondary N) is 3. The van der Waals surface area contributed by atoms with E-state index in [1.807, 2.05) is 0 Å². The predicted octanol–water partition coefficient (Wildman–Crippen LogP) is -1.35. The standard InChI is InChI=1S/C34H63N5O15/c1-14-20(39-31(47)54-34(8,9)10)27(48-17(21(14)41)12-37-29(45)52-32(2,3)4)51-26-16(38-30(46)53-33(5,6)7)11-15(35)25(24(26)44)50-28-23(43)19(36)22(42)18(13-40)49-28/h14-28,40-44H,11-13,35-36H2,1-10H3,(H,37,45)(H,38,46)(H,39,47)/t14?,15-,16?,17?,18-,19?,20?,21+,22?,23-,24?,25?,26-,27-,28?/m1/s1. The van der Waals surface area contributed by atoms with Crippen LogP contribution in [0.2, 0.25) is 0 Å². The lowest BCUT2D eigenvalue weighted by Crippen LogP contribution is -2.69. The van der Waals surface area contributed by atoms with Crippen LogP contribution in [-0.4, -0.2) is 159 Å². The smallest absolute Gasteiger partial charge is 0.408 e. The number of carbonyl (C=O) groups is 3. The Bertz CT molecular complexity index is 1260. The van der Waals surface area contributed by atoms with Crippen molar-refractivity contribution in [1.82, 2.24) is 16.0 Å². The highest BCUT2D eigenvalue weighted by Crippen LogP contribution is 2.34. The molecule has 20 heteroatoms. The summed E-state index contributed by atoms with van der Waals surface area (Å²) in [5.74, 6) is -0.817. The first kappa shape index (κ1) is 45.8. The SMILES string of the molecule is CC1C(NC(=O)OC(C)(C)C)[C@@H](O[C@@H]2C(NC(=O)OC(C)(C)C)C[C@@H](N)C(OC3O[C@H](CO)C(O)C(N)[C@H]3O)C2O)OC(CNC(=O)OC(C)(C)C)[C@H]1O. The van der Waals surface area contributed by atoms with Crippen molar-refractivity contribution >= 4 is 18.3 Å². The molecular weight excluding hydrogens is 718 g/mol. The molecule has 314 valence electrons. The van der Waals surface area contributed by atoms with Crippen LogP contribution in [0.1, 0.15) is 75.7 Å². The summed E-state index contributed by atoms with van der Waals surface area (Å²) in [6.45, 7) is 15.7. The first-order valence-electron chi connectivity index (χ1n) is 18.1. The van der Waals surface area contributed by atoms with E-state index in [-0.39, 0.29) is 13.0 Å². The van der Waals surface area contributed by atoms with Gasteiger partial charge in [-0.2, -0.15) is 0 Å². The number of carbonyl (C=O) groups excluding carboxylic acids is 3. The van der Waals surface area contributed by atoms with E-state index < -0.39 is 133 Å². The Morgan fingerprint density at radius 3 is 1.72 bits per heavy atom. The summed E-state index contributed by atoms with van der Waals surface area (Å²) >= 11 is 0. The quantitative estimate of drug-likeness (QED) is 0.121. The van der Waals surface area contributed by atoms with E-state index in [0.29, 0.717) is 0 Å². The van der Waals surface area contributed by atoms with Gasteiger partial charge in [0, 0.05) is 18.5 Å². The van der Waals surface area contributed by atoms with Crippen molar-refractivity contribution in [3.63, 3.8) is 0 Å². The normalized spacial score (nSPS) is 37.8. The highest BCUT2D eigenvalue weighted by molar-refractivity contribution is 5.69. The van der Waals surface area contributed by atoms with E-state index in [0.717, 1.165) is 0 Å². The lowest BCUT2D eigenvalue weighted by molar-refractivity contribution is -0.318. The van der Waals surface area contributed by atoms with Gasteiger partial charge < -0.3 is 86.1 Å². The molecule has 3 amide bonds. The molecule has 0 aromatic carbocycles. The van der Waals surface area contributed by atoms with Gasteiger partial charge in [-0.3, -0.25) is 0 Å². The van der Waals surface area contributed by atoms with Gasteiger partial charge in [0.25, 0.3) is 0 Å². The van der Waals surface area contributed by atoms with Crippen LogP contribution < -0.4 is 27.4 Å². The Morgan fingerprint density at radius 2 is 1.19 bits per heavy atom. The molecule has 12 N–H and O–H groups in total. The Labute approximate surface area is 315 Å². The van der Waals surface area contributed by atoms with Crippen LogP contribution in [0, 0.1) is 5.92 Å². The first-order valence-corrected chi connectivity index (χ1v) is 18.1. The number of aliphatic hydroxyl groups excluding tert-OH is 5. The van der Waals surface area contributed by atoms with E-state index in [1.165, 1.54) is 0 Å². The molecule has 0 bridgehead atoms. The van der Waals surface area contributed by atoms with Gasteiger partial charge in [0.2, 0.25) is 0 Å². The number of hydrogen-bond donors (Lipinski definition) is 10. The third kappa shape index (κ3) is 12.7. The lowest BCUT2D eigenvalue weighted by Gasteiger charge is -2.49. The van der Waals surface area contributed by atoms with Crippen LogP contribution in [0.15, 0.2) is 0 Å². The second kappa shape index (κ2) is 18.1. The molecule has 2 heterocycles. The molecule has 0 aromatic rings. The maximum absolute atomic E-state index is 13.1. The van der Waals surface area contributed by atoms with Crippen LogP contribution in [0.25, 0.3) is 0 Å². The van der Waals surface area contributed by atoms with E-state index in [1.54, 1.807) is 69.2 Å². The van der Waals surface area contributed by atoms with E-state index in [2.05, 4.69) is 16.0 Å². The summed E-state index contributed by atoms with van der Waals surface area (Å²) in [5, 5.41) is 62.0. The van der Waals surface area contributed by atoms with Crippen molar-refractivity contribution in [3.05, 3.63) is 0 Å². The molecule has 0 aromatic heterocycles. The number of alkyl carbamates (subject to hydrolysis) is 3. The van der Waals surface area contributed by atoms with Crippen LogP contribution in [0.4, 0.5) is 14.4 Å². The minimum Gasteiger partial charge on any atom is -0.444 e. The second-order valence-electron chi connectivity index (χ2n) is 17.1. The van der Waals surface area contributed by atoms with Gasteiger partial charge in [-0.15, -0.1) is 0 Å². The fourth-order valence-corrected chi connectivity index (χ4v) is 6.30. The third-order valence-corrected chi connectivity index (χ3v) is 8.86. The topological polar surface area (TPSA) is 305 Å². The van der Waals surface area contributed by atoms with E-state index in [4.69, 9.17) is 44.6 Å². The average Bonchev–Trinajstić information content (AvgIpc) is 3.00. The highest BCUT2D eigenvalue weighted by Gasteiger charge is 2.53. The van der Waals surface area contributed by atoms with Crippen molar-refractivity contribution < 1.29 is 73.1 Å². The third-order valence-electron chi connectivity index (χ3n) is 8.86. The summed E-state index contributed by atoms with van der Waals surface area (Å²) in [4.78, 5) is 38.6. The van der Waals surface area contributed by atoms with Crippen molar-refractivity contribution in [2.24, 2.45) is 17.4 Å². The van der Waals surface area contributed by atoms with E-state index in [9.17, 15) is 39.9 Å². The van der Waals surface area contributed by atoms with E-state index >= 15 is 0 Å². The Morgan fingerprint density at radius 1 is 0.685 bits per heavy atom. The molecule has 15 atom stereocenters. The maximum Gasteiger partial charge on any atom is 0.408 e. The van der Waals surface area contributed by atoms with Crippen LogP contribution in [-0.2, 0) is 33.2 Å². The van der Waals surface area contributed by atoms with Gasteiger partial charge >= 0.3 is 18.3 Å². The first-order chi connectivity index (χ1) is 24.7. The van der Waals surface area contributed by atoms with Crippen molar-refractivity contribution in [2.75, 3.05) is 13.2 Å². The van der Waals surface area contributed by atoms with Gasteiger partial charge in [0.1, 0.15) is 59.5 Å². The molecule has 0 radical (unpaired) electrons. The van der Waals surface area contributed by atoms with Crippen LogP contribution >= 0.6 is 0 Å². The molecule has 3 aliphatic rings. The van der Waals surface area contributed by atoms with Crippen LogP contribution in [0.5, 0.6) is 0 Å². The zero-order valence-corrected chi connectivity index (χ0v) is 32.8. The average molecular weight is 782 g/mol. The number of amides is 3. The number of ether oxygens (including phenoxy) is 7. The van der Waals surface area contributed by atoms with Crippen LogP contribution in [0.3, 0.4) is 0 Å². The van der Waals surface area contributed by atoms with Crippen molar-refractivity contribution in [2.45, 2.75) is 178 Å². The summed E-state index contributed by atoms with van der Waals surface area (Å²) in [6.07, 6.45) is -16.9. The maximum atomic E-state index is 13.1. The molecule has 54 heavy (non-hydrogen) atoms. The molecule has 1 saturated carbocycles. The van der Waals surface area contributed by atoms with Gasteiger partial charge in [-0.05, 0) is 68.7 Å². The summed E-state index contributed by atoms with van der Waals surface area (Å²) in [7, 11) is 0. The predicted molar refractivity (Wildman–Crippen MR) is 188 cm³/mol. The van der Waals surface area contributed by atoms with Crippen molar-refractivity contribution in [1.29, 1.82) is 0 Å². The molecular formula is C34H63N5O15. The van der Waals surface area contributed by atoms with Gasteiger partial charge in [0.05, 0.1) is 30.8 Å². The number of hydrogen-bond acceptors (Lipinski definition) is 17. The molecule has 3 rings (SSSR count). The summed E-state index contributed by atoms with van der Waals surface area (Å²) < 4.78 is 40.4. The molecule has 1 aliphatic carbocycles. The molecule has 0 spiro atoms.